The van der Waals surface area contributed by atoms with E-state index in [1.165, 1.54) is 0 Å². The minimum absolute atomic E-state index is 0.104. The number of hydrogen-bond donors (Lipinski definition) is 2. The Bertz CT molecular complexity index is 1640. The van der Waals surface area contributed by atoms with Crippen molar-refractivity contribution in [2.24, 2.45) is 0 Å². The first kappa shape index (κ1) is 43.1. The molecule has 0 spiro atoms. The van der Waals surface area contributed by atoms with Gasteiger partial charge >= 0.3 is 15.6 Å². The van der Waals surface area contributed by atoms with Crippen LogP contribution in [0.15, 0.2) is 97.1 Å². The molecule has 0 aliphatic heterocycles. The normalized spacial score (nSPS) is 12.0. The second-order valence-corrected chi connectivity index (χ2v) is 16.3. The standard InChI is InChI=1S/C27H33O5P.C13H21O5P/c1-21(2)25-16-11-17-26(22(3)4)27(25)29-20-32-33(28,30-18-23-12-7-5-8-13-23)31-19-24-14-9-6-10-15-24;1-9(2)11-6-5-7-12(10(3)4)13(11)17-8-18-19(14,15)16/h5-17,21-22H,18-20H2,1-4H3;5-7,9-10H,8H2,1-4H3,(H2,14,15,16). The number of para-hydroxylation sites is 2. The molecule has 0 bridgehead atoms. The van der Waals surface area contributed by atoms with Gasteiger partial charge in [-0.3, -0.25) is 9.05 Å². The third-order valence-electron chi connectivity index (χ3n) is 7.94. The maximum absolute atomic E-state index is 13.4. The van der Waals surface area contributed by atoms with Gasteiger partial charge in [0.25, 0.3) is 0 Å². The second kappa shape index (κ2) is 20.8. The van der Waals surface area contributed by atoms with Gasteiger partial charge in [-0.25, -0.2) is 18.2 Å². The number of rotatable bonds is 18. The molecule has 0 aromatic heterocycles. The summed E-state index contributed by atoms with van der Waals surface area (Å²) in [5, 5.41) is 0. The monoisotopic (exact) mass is 756 g/mol. The molecule has 0 aliphatic rings. The van der Waals surface area contributed by atoms with Crippen LogP contribution in [0.25, 0.3) is 0 Å². The van der Waals surface area contributed by atoms with E-state index in [4.69, 9.17) is 32.8 Å². The molecule has 0 aliphatic carbocycles. The van der Waals surface area contributed by atoms with Gasteiger partial charge in [0, 0.05) is 0 Å². The summed E-state index contributed by atoms with van der Waals surface area (Å²) in [6, 6.07) is 31.0. The van der Waals surface area contributed by atoms with E-state index in [1.807, 2.05) is 125 Å². The van der Waals surface area contributed by atoms with Crippen molar-refractivity contribution >= 4 is 15.6 Å². The molecular weight excluding hydrogens is 702 g/mol. The third-order valence-corrected chi connectivity index (χ3v) is 9.70. The summed E-state index contributed by atoms with van der Waals surface area (Å²) < 4.78 is 56.9. The lowest BCUT2D eigenvalue weighted by Gasteiger charge is -2.22. The fraction of sp³-hybridized carbons (Fsp3) is 0.400. The van der Waals surface area contributed by atoms with E-state index in [0.29, 0.717) is 5.75 Å². The first-order valence-corrected chi connectivity index (χ1v) is 20.4. The fourth-order valence-electron chi connectivity index (χ4n) is 5.17. The Hall–Kier alpha value is -3.30. The summed E-state index contributed by atoms with van der Waals surface area (Å²) in [7, 11) is -8.40. The molecule has 4 aromatic rings. The van der Waals surface area contributed by atoms with Crippen molar-refractivity contribution in [3.63, 3.8) is 0 Å². The summed E-state index contributed by atoms with van der Waals surface area (Å²) in [5.74, 6) is 2.47. The van der Waals surface area contributed by atoms with Gasteiger partial charge in [0.2, 0.25) is 0 Å². The van der Waals surface area contributed by atoms with Crippen LogP contribution in [0.1, 0.15) is 112 Å². The second-order valence-electron chi connectivity index (χ2n) is 13.4. The van der Waals surface area contributed by atoms with Crippen molar-refractivity contribution in [2.45, 2.75) is 92.3 Å². The van der Waals surface area contributed by atoms with Gasteiger partial charge in [0.05, 0.1) is 13.2 Å². The quantitative estimate of drug-likeness (QED) is 0.0747. The minimum atomic E-state index is -4.51. The van der Waals surface area contributed by atoms with Crippen LogP contribution < -0.4 is 9.47 Å². The Morgan fingerprint density at radius 3 is 1.10 bits per heavy atom. The zero-order chi connectivity index (χ0) is 38.3. The van der Waals surface area contributed by atoms with Crippen molar-refractivity contribution in [2.75, 3.05) is 13.6 Å². The number of phosphoric acid groups is 2. The van der Waals surface area contributed by atoms with E-state index in [-0.39, 0.29) is 43.7 Å². The lowest BCUT2D eigenvalue weighted by molar-refractivity contribution is 0.0433. The molecule has 10 nitrogen and oxygen atoms in total. The first-order valence-electron chi connectivity index (χ1n) is 17.4. The molecule has 52 heavy (non-hydrogen) atoms. The maximum Gasteiger partial charge on any atom is 0.478 e. The van der Waals surface area contributed by atoms with E-state index in [1.54, 1.807) is 0 Å². The summed E-state index contributed by atoms with van der Waals surface area (Å²) in [6.07, 6.45) is 0. The molecule has 0 saturated carbocycles. The average molecular weight is 757 g/mol. The van der Waals surface area contributed by atoms with Crippen molar-refractivity contribution < 1.29 is 46.5 Å². The Labute approximate surface area is 309 Å². The first-order chi connectivity index (χ1) is 24.6. The molecule has 12 heteroatoms. The molecule has 0 amide bonds. The molecule has 0 radical (unpaired) electrons. The van der Waals surface area contributed by atoms with Gasteiger partial charge in [-0.2, -0.15) is 0 Å². The molecular formula is C40H54O10P2. The highest BCUT2D eigenvalue weighted by Gasteiger charge is 2.28. The molecule has 0 fully saturated rings. The summed E-state index contributed by atoms with van der Waals surface area (Å²) >= 11 is 0. The molecule has 4 rings (SSSR count). The van der Waals surface area contributed by atoms with Gasteiger partial charge in [0.1, 0.15) is 11.5 Å². The van der Waals surface area contributed by atoms with E-state index in [0.717, 1.165) is 39.1 Å². The zero-order valence-electron chi connectivity index (χ0n) is 31.4. The van der Waals surface area contributed by atoms with Crippen molar-refractivity contribution in [1.29, 1.82) is 0 Å². The highest BCUT2D eigenvalue weighted by molar-refractivity contribution is 7.48. The maximum atomic E-state index is 13.4. The van der Waals surface area contributed by atoms with Crippen LogP contribution >= 0.6 is 15.6 Å². The number of benzene rings is 4. The van der Waals surface area contributed by atoms with Gasteiger partial charge in [-0.05, 0) is 57.1 Å². The highest BCUT2D eigenvalue weighted by atomic mass is 31.2. The fourth-order valence-corrected chi connectivity index (χ4v) is 6.38. The molecule has 4 aromatic carbocycles. The Balaban J connectivity index is 0.000000326. The highest BCUT2D eigenvalue weighted by Crippen LogP contribution is 2.51. The van der Waals surface area contributed by atoms with Crippen LogP contribution in [0.5, 0.6) is 11.5 Å². The Kier molecular flexibility index (Phi) is 17.3. The van der Waals surface area contributed by atoms with E-state index in [9.17, 15) is 9.13 Å². The lowest BCUT2D eigenvalue weighted by atomic mass is 9.94. The smallest absolute Gasteiger partial charge is 0.466 e. The number of ether oxygens (including phenoxy) is 2. The SMILES string of the molecule is CC(C)c1cccc(C(C)C)c1OCOP(=O)(O)O.CC(C)c1cccc(C(C)C)c1OCOP(=O)(OCc1ccccc1)OCc1ccccc1. The topological polar surface area (TPSA) is 130 Å². The van der Waals surface area contributed by atoms with Crippen LogP contribution in [0.3, 0.4) is 0 Å². The average Bonchev–Trinajstić information content (AvgIpc) is 3.10. The van der Waals surface area contributed by atoms with Crippen LogP contribution in [-0.4, -0.2) is 23.4 Å². The Morgan fingerprint density at radius 1 is 0.462 bits per heavy atom. The van der Waals surface area contributed by atoms with Gasteiger partial charge in [0.15, 0.2) is 13.6 Å². The molecule has 284 valence electrons. The number of hydrogen-bond acceptors (Lipinski definition) is 8. The minimum Gasteiger partial charge on any atom is -0.466 e. The lowest BCUT2D eigenvalue weighted by Crippen LogP contribution is -2.09. The van der Waals surface area contributed by atoms with Gasteiger partial charge < -0.3 is 19.3 Å². The molecule has 0 heterocycles. The van der Waals surface area contributed by atoms with Crippen molar-refractivity contribution in [3.8, 4) is 11.5 Å². The summed E-state index contributed by atoms with van der Waals surface area (Å²) in [6.45, 7) is 16.1. The van der Waals surface area contributed by atoms with Crippen molar-refractivity contribution in [3.05, 3.63) is 130 Å². The predicted molar refractivity (Wildman–Crippen MR) is 205 cm³/mol. The number of phosphoric ester groups is 2. The third kappa shape index (κ3) is 14.3. The van der Waals surface area contributed by atoms with Gasteiger partial charge in [-0.15, -0.1) is 0 Å². The van der Waals surface area contributed by atoms with E-state index < -0.39 is 22.4 Å². The predicted octanol–water partition coefficient (Wildman–Crippen LogP) is 11.2. The molecule has 0 saturated heterocycles. The van der Waals surface area contributed by atoms with Crippen LogP contribution in [-0.2, 0) is 40.4 Å². The summed E-state index contributed by atoms with van der Waals surface area (Å²) in [4.78, 5) is 17.3. The molecule has 0 unspecified atom stereocenters. The molecule has 0 atom stereocenters. The van der Waals surface area contributed by atoms with Crippen LogP contribution in [0.2, 0.25) is 0 Å². The van der Waals surface area contributed by atoms with Crippen LogP contribution in [0, 0.1) is 0 Å². The summed E-state index contributed by atoms with van der Waals surface area (Å²) in [5.41, 5.74) is 5.90. The zero-order valence-corrected chi connectivity index (χ0v) is 33.2. The van der Waals surface area contributed by atoms with Crippen LogP contribution in [0.4, 0.5) is 0 Å². The van der Waals surface area contributed by atoms with E-state index >= 15 is 0 Å². The Morgan fingerprint density at radius 2 is 0.788 bits per heavy atom. The largest absolute Gasteiger partial charge is 0.478 e. The van der Waals surface area contributed by atoms with E-state index in [2.05, 4.69) is 32.2 Å². The van der Waals surface area contributed by atoms with Gasteiger partial charge in [-0.1, -0.05) is 152 Å². The van der Waals surface area contributed by atoms with Crippen molar-refractivity contribution in [1.82, 2.24) is 0 Å². The molecule has 2 N–H and O–H groups in total.